The van der Waals surface area contributed by atoms with Crippen LogP contribution in [0.15, 0.2) is 54.0 Å². The highest BCUT2D eigenvalue weighted by Gasteiger charge is 2.38. The van der Waals surface area contributed by atoms with E-state index in [1.54, 1.807) is 17.8 Å². The minimum atomic E-state index is -0.310. The fourth-order valence-corrected chi connectivity index (χ4v) is 9.99. The summed E-state index contributed by atoms with van der Waals surface area (Å²) in [5.74, 6) is 0.520. The predicted molar refractivity (Wildman–Crippen MR) is 223 cm³/mol. The van der Waals surface area contributed by atoms with Crippen LogP contribution in [-0.4, -0.2) is 87.3 Å². The summed E-state index contributed by atoms with van der Waals surface area (Å²) in [5.41, 5.74) is 8.88. The van der Waals surface area contributed by atoms with Crippen molar-refractivity contribution in [2.45, 2.75) is 84.3 Å². The molecule has 13 nitrogen and oxygen atoms in total. The molecule has 0 unspecified atom stereocenters. The second-order valence-electron chi connectivity index (χ2n) is 17.2. The highest BCUT2D eigenvalue weighted by Crippen LogP contribution is 2.41. The van der Waals surface area contributed by atoms with Crippen LogP contribution < -0.4 is 26.0 Å². The molecule has 13 heteroatoms. The molecule has 57 heavy (non-hydrogen) atoms. The highest BCUT2D eigenvalue weighted by atomic mass is 16.5. The van der Waals surface area contributed by atoms with Crippen molar-refractivity contribution in [1.29, 1.82) is 0 Å². The van der Waals surface area contributed by atoms with Crippen molar-refractivity contribution in [2.75, 3.05) is 59.8 Å². The van der Waals surface area contributed by atoms with Gasteiger partial charge in [0.15, 0.2) is 5.82 Å². The number of piperazine rings is 1. The minimum absolute atomic E-state index is 0.0204. The lowest BCUT2D eigenvalue weighted by Crippen LogP contribution is -2.56. The van der Waals surface area contributed by atoms with E-state index in [1.165, 1.54) is 17.3 Å². The summed E-state index contributed by atoms with van der Waals surface area (Å²) >= 11 is 0. The number of hydrogen-bond donors (Lipinski definition) is 2. The summed E-state index contributed by atoms with van der Waals surface area (Å²) < 4.78 is 9.53. The number of nitrogens with zero attached hydrogens (tertiary/aromatic N) is 7. The average Bonchev–Trinajstić information content (AvgIpc) is 3.62. The van der Waals surface area contributed by atoms with E-state index in [4.69, 9.17) is 14.7 Å². The van der Waals surface area contributed by atoms with Crippen LogP contribution in [0.2, 0.25) is 0 Å². The van der Waals surface area contributed by atoms with Crippen molar-refractivity contribution in [2.24, 2.45) is 12.5 Å². The molecular formula is C44H53N9O4. The molecule has 0 bridgehead atoms. The molecule has 0 spiro atoms. The molecule has 6 heterocycles. The van der Waals surface area contributed by atoms with Crippen molar-refractivity contribution < 1.29 is 14.3 Å². The number of rotatable bonds is 7. The Morgan fingerprint density at radius 3 is 2.63 bits per heavy atom. The number of anilines is 5. The Bertz CT molecular complexity index is 2340. The van der Waals surface area contributed by atoms with Crippen LogP contribution in [0.4, 0.5) is 28.7 Å². The number of carbonyl (C=O) groups excluding carboxylic acids is 2. The maximum absolute atomic E-state index is 14.1. The average molecular weight is 772 g/mol. The molecule has 2 aliphatic carbocycles. The summed E-state index contributed by atoms with van der Waals surface area (Å²) in [4.78, 5) is 57.4. The minimum Gasteiger partial charge on any atom is -0.381 e. The van der Waals surface area contributed by atoms with Gasteiger partial charge in [0, 0.05) is 99.5 Å². The Balaban J connectivity index is 1.02. The first-order valence-corrected chi connectivity index (χ1v) is 20.5. The van der Waals surface area contributed by atoms with Crippen LogP contribution in [0.25, 0.3) is 11.3 Å². The lowest BCUT2D eigenvalue weighted by Gasteiger charge is -2.45. The van der Waals surface area contributed by atoms with Gasteiger partial charge in [-0.1, -0.05) is 20.4 Å². The first-order valence-electron chi connectivity index (χ1n) is 20.5. The third-order valence-corrected chi connectivity index (χ3v) is 12.8. The molecule has 9 rings (SSSR count). The molecule has 298 valence electrons. The molecular weight excluding hydrogens is 719 g/mol. The highest BCUT2D eigenvalue weighted by molar-refractivity contribution is 6.06. The monoisotopic (exact) mass is 771 g/mol. The van der Waals surface area contributed by atoms with Gasteiger partial charge < -0.3 is 29.4 Å². The van der Waals surface area contributed by atoms with Gasteiger partial charge in [0.2, 0.25) is 5.91 Å². The van der Waals surface area contributed by atoms with Crippen molar-refractivity contribution in [3.05, 3.63) is 87.7 Å². The SMILES string of the molecule is C=CC(=O)Nc1cc(Nc2nc3c(n(C)c2=O)CCCc2c-3ccnc2N2CCn3c(cc4c3CC(C)(C)C4)C2=O)ccc1N1CCN(C2CCOCC2)C[C@@H]1C. The van der Waals surface area contributed by atoms with Crippen molar-refractivity contribution in [3.63, 3.8) is 0 Å². The van der Waals surface area contributed by atoms with E-state index in [-0.39, 0.29) is 34.6 Å². The fourth-order valence-electron chi connectivity index (χ4n) is 9.99. The largest absolute Gasteiger partial charge is 0.381 e. The summed E-state index contributed by atoms with van der Waals surface area (Å²) in [6.45, 7) is 16.1. The third-order valence-electron chi connectivity index (χ3n) is 12.8. The number of nitrogens with one attached hydrogen (secondary N) is 2. The number of benzene rings is 1. The lowest BCUT2D eigenvalue weighted by molar-refractivity contribution is -0.111. The summed E-state index contributed by atoms with van der Waals surface area (Å²) in [6.07, 6.45) is 9.25. The van der Waals surface area contributed by atoms with Gasteiger partial charge in [-0.05, 0) is 99.3 Å². The van der Waals surface area contributed by atoms with E-state index in [0.29, 0.717) is 48.3 Å². The molecule has 3 aromatic heterocycles. The Morgan fingerprint density at radius 1 is 1.02 bits per heavy atom. The molecule has 0 saturated carbocycles. The topological polar surface area (TPSA) is 130 Å². The Hall–Kier alpha value is -5.27. The number of carbonyl (C=O) groups is 2. The normalized spacial score (nSPS) is 20.6. The first kappa shape index (κ1) is 37.3. The van der Waals surface area contributed by atoms with E-state index in [0.717, 1.165) is 99.7 Å². The molecule has 4 aromatic rings. The molecule has 1 aromatic carbocycles. The number of amides is 2. The van der Waals surface area contributed by atoms with E-state index in [2.05, 4.69) is 58.4 Å². The van der Waals surface area contributed by atoms with Gasteiger partial charge in [-0.25, -0.2) is 9.97 Å². The maximum Gasteiger partial charge on any atom is 0.293 e. The number of pyridine rings is 1. The molecule has 2 fully saturated rings. The van der Waals surface area contributed by atoms with E-state index >= 15 is 0 Å². The van der Waals surface area contributed by atoms with Crippen molar-refractivity contribution in [1.82, 2.24) is 24.0 Å². The Kier molecular flexibility index (Phi) is 9.55. The molecule has 2 amide bonds. The Labute approximate surface area is 333 Å². The van der Waals surface area contributed by atoms with Crippen molar-refractivity contribution in [3.8, 4) is 11.3 Å². The van der Waals surface area contributed by atoms with Gasteiger partial charge in [-0.3, -0.25) is 24.2 Å². The fraction of sp³-hybridized carbons (Fsp3) is 0.477. The quantitative estimate of drug-likeness (QED) is 0.235. The standard InChI is InChI=1S/C44H53N9O4/c1-6-38(54)47-33-23-29(10-11-34(33)51-17-16-50(26-27(51)2)30-13-20-57-21-14-30)46-40-43(56)49(5)35-9-7-8-32-31(39(35)48-40)12-15-45-41(32)53-19-18-52-36(42(53)55)22-28-24-44(3,4)25-37(28)52/h6,10-12,15,22-23,27,30H,1,7-9,13-14,16-21,24-26H2,2-5H3,(H,46,48)(H,47,54)/t27-/m0/s1. The molecule has 2 saturated heterocycles. The van der Waals surface area contributed by atoms with Crippen molar-refractivity contribution >= 4 is 40.5 Å². The number of fused-ring (bicyclic) bond motifs is 6. The predicted octanol–water partition coefficient (Wildman–Crippen LogP) is 5.48. The van der Waals surface area contributed by atoms with Gasteiger partial charge in [0.1, 0.15) is 11.5 Å². The van der Waals surface area contributed by atoms with E-state index in [9.17, 15) is 14.4 Å². The van der Waals surface area contributed by atoms with Gasteiger partial charge in [-0.15, -0.1) is 0 Å². The molecule has 3 aliphatic heterocycles. The second kappa shape index (κ2) is 14.6. The number of ether oxygens (including phenoxy) is 1. The maximum atomic E-state index is 14.1. The van der Waals surface area contributed by atoms with Crippen LogP contribution in [0, 0.1) is 5.41 Å². The van der Waals surface area contributed by atoms with Gasteiger partial charge in [0.25, 0.3) is 11.5 Å². The van der Waals surface area contributed by atoms with Crippen LogP contribution in [-0.2, 0) is 48.8 Å². The van der Waals surface area contributed by atoms with Crippen LogP contribution in [0.1, 0.15) is 73.0 Å². The van der Waals surface area contributed by atoms with Gasteiger partial charge in [-0.2, -0.15) is 0 Å². The molecule has 5 aliphatic rings. The lowest BCUT2D eigenvalue weighted by atomic mass is 9.90. The van der Waals surface area contributed by atoms with Crippen LogP contribution in [0.5, 0.6) is 0 Å². The summed E-state index contributed by atoms with van der Waals surface area (Å²) in [6, 6.07) is 10.6. The Morgan fingerprint density at radius 2 is 1.84 bits per heavy atom. The summed E-state index contributed by atoms with van der Waals surface area (Å²) in [7, 11) is 1.80. The third kappa shape index (κ3) is 6.74. The van der Waals surface area contributed by atoms with Crippen LogP contribution >= 0.6 is 0 Å². The first-order chi connectivity index (χ1) is 27.5. The molecule has 1 atom stereocenters. The van der Waals surface area contributed by atoms with E-state index < -0.39 is 0 Å². The zero-order valence-electron chi connectivity index (χ0n) is 33.6. The zero-order chi connectivity index (χ0) is 39.6. The second-order valence-corrected chi connectivity index (χ2v) is 17.2. The van der Waals surface area contributed by atoms with Gasteiger partial charge >= 0.3 is 0 Å². The smallest absolute Gasteiger partial charge is 0.293 e. The summed E-state index contributed by atoms with van der Waals surface area (Å²) in [5, 5.41) is 6.34. The van der Waals surface area contributed by atoms with E-state index in [1.807, 2.05) is 29.2 Å². The molecule has 2 N–H and O–H groups in total. The van der Waals surface area contributed by atoms with Crippen LogP contribution in [0.3, 0.4) is 0 Å². The van der Waals surface area contributed by atoms with Gasteiger partial charge in [0.05, 0.1) is 17.1 Å². The number of hydrogen-bond acceptors (Lipinski definition) is 9. The number of aromatic nitrogens is 4. The zero-order valence-corrected chi connectivity index (χ0v) is 33.6. The molecule has 0 radical (unpaired) electrons.